The van der Waals surface area contributed by atoms with Gasteiger partial charge in [-0.1, -0.05) is 25.3 Å². The van der Waals surface area contributed by atoms with Crippen LogP contribution >= 0.6 is 11.8 Å². The Kier molecular flexibility index (Phi) is 5.96. The van der Waals surface area contributed by atoms with E-state index in [0.717, 1.165) is 37.7 Å². The molecule has 26 heavy (non-hydrogen) atoms. The first-order valence-electron chi connectivity index (χ1n) is 8.95. The van der Waals surface area contributed by atoms with Crippen molar-refractivity contribution in [3.05, 3.63) is 23.8 Å². The number of ether oxygens (including phenoxy) is 2. The van der Waals surface area contributed by atoms with Gasteiger partial charge in [-0.3, -0.25) is 4.79 Å². The second-order valence-electron chi connectivity index (χ2n) is 6.73. The van der Waals surface area contributed by atoms with E-state index in [1.54, 1.807) is 25.2 Å². The molecule has 1 aliphatic heterocycles. The molecule has 6 nitrogen and oxygen atoms in total. The highest BCUT2D eigenvalue weighted by atomic mass is 32.2. The Bertz CT molecular complexity index is 674. The third kappa shape index (κ3) is 3.63. The van der Waals surface area contributed by atoms with Crippen molar-refractivity contribution < 1.29 is 24.2 Å². The Balaban J connectivity index is 1.91. The van der Waals surface area contributed by atoms with Crippen LogP contribution in [-0.4, -0.2) is 47.9 Å². The summed E-state index contributed by atoms with van der Waals surface area (Å²) in [6, 6.07) is 4.73. The third-order valence-electron chi connectivity index (χ3n) is 5.19. The lowest BCUT2D eigenvalue weighted by atomic mass is 9.88. The van der Waals surface area contributed by atoms with Gasteiger partial charge in [-0.2, -0.15) is 0 Å². The highest BCUT2D eigenvalue weighted by Gasteiger charge is 2.44. The number of benzene rings is 1. The zero-order chi connectivity index (χ0) is 18.7. The molecule has 1 aliphatic carbocycles. The minimum atomic E-state index is -0.940. The maximum absolute atomic E-state index is 13.2. The summed E-state index contributed by atoms with van der Waals surface area (Å²) in [6.45, 7) is 0. The van der Waals surface area contributed by atoms with E-state index in [4.69, 9.17) is 9.47 Å². The number of hydrogen-bond acceptors (Lipinski definition) is 5. The number of methoxy groups -OCH3 is 2. The van der Waals surface area contributed by atoms with E-state index in [0.29, 0.717) is 17.3 Å². The summed E-state index contributed by atoms with van der Waals surface area (Å²) in [6.07, 6.45) is 4.93. The van der Waals surface area contributed by atoms with Crippen molar-refractivity contribution in [1.29, 1.82) is 0 Å². The molecule has 2 unspecified atom stereocenters. The fourth-order valence-corrected chi connectivity index (χ4v) is 5.21. The predicted octanol–water partition coefficient (Wildman–Crippen LogP) is 3.31. The van der Waals surface area contributed by atoms with Gasteiger partial charge in [0.1, 0.15) is 11.4 Å². The van der Waals surface area contributed by atoms with E-state index in [1.165, 1.54) is 11.8 Å². The lowest BCUT2D eigenvalue weighted by Gasteiger charge is -2.32. The maximum Gasteiger partial charge on any atom is 0.327 e. The number of carbonyl (C=O) groups is 2. The van der Waals surface area contributed by atoms with Gasteiger partial charge in [0.2, 0.25) is 5.91 Å². The van der Waals surface area contributed by atoms with Crippen molar-refractivity contribution in [2.75, 3.05) is 20.0 Å². The van der Waals surface area contributed by atoms with Crippen LogP contribution in [0.5, 0.6) is 11.5 Å². The number of carboxylic acids is 1. The van der Waals surface area contributed by atoms with E-state index >= 15 is 0 Å². The molecule has 1 aromatic rings. The SMILES string of the molecule is COc1ccc(C2SCC(C(=O)O)N2C(=O)C2CCCCC2)cc1OC. The minimum absolute atomic E-state index is 0.0260. The molecule has 3 rings (SSSR count). The van der Waals surface area contributed by atoms with Crippen LogP contribution in [0.4, 0.5) is 0 Å². The largest absolute Gasteiger partial charge is 0.493 e. The van der Waals surface area contributed by atoms with Crippen LogP contribution in [0.2, 0.25) is 0 Å². The molecule has 1 amide bonds. The van der Waals surface area contributed by atoms with Crippen LogP contribution in [0.25, 0.3) is 0 Å². The number of rotatable bonds is 5. The molecule has 142 valence electrons. The first-order valence-corrected chi connectivity index (χ1v) is 10.00. The number of thioether (sulfide) groups is 1. The predicted molar refractivity (Wildman–Crippen MR) is 99.6 cm³/mol. The van der Waals surface area contributed by atoms with Gasteiger partial charge in [0, 0.05) is 11.7 Å². The molecule has 1 saturated carbocycles. The van der Waals surface area contributed by atoms with Crippen LogP contribution in [-0.2, 0) is 9.59 Å². The topological polar surface area (TPSA) is 76.1 Å². The Morgan fingerprint density at radius 2 is 1.81 bits per heavy atom. The van der Waals surface area contributed by atoms with Crippen LogP contribution in [0, 0.1) is 5.92 Å². The molecule has 1 saturated heterocycles. The quantitative estimate of drug-likeness (QED) is 0.846. The second kappa shape index (κ2) is 8.20. The van der Waals surface area contributed by atoms with Gasteiger partial charge in [-0.25, -0.2) is 4.79 Å². The molecular weight excluding hydrogens is 354 g/mol. The van der Waals surface area contributed by atoms with E-state index in [9.17, 15) is 14.7 Å². The van der Waals surface area contributed by atoms with Crippen molar-refractivity contribution in [3.8, 4) is 11.5 Å². The summed E-state index contributed by atoms with van der Waals surface area (Å²) < 4.78 is 10.6. The maximum atomic E-state index is 13.2. The molecule has 0 spiro atoms. The minimum Gasteiger partial charge on any atom is -0.493 e. The first-order chi connectivity index (χ1) is 12.6. The molecular formula is C19H25NO5S. The molecule has 0 aromatic heterocycles. The molecule has 7 heteroatoms. The van der Waals surface area contributed by atoms with Crippen molar-refractivity contribution in [3.63, 3.8) is 0 Å². The average molecular weight is 379 g/mol. The number of aliphatic carboxylic acids is 1. The van der Waals surface area contributed by atoms with Gasteiger partial charge in [-0.15, -0.1) is 11.8 Å². The molecule has 1 N–H and O–H groups in total. The van der Waals surface area contributed by atoms with Gasteiger partial charge < -0.3 is 19.5 Å². The fraction of sp³-hybridized carbons (Fsp3) is 0.579. The zero-order valence-corrected chi connectivity index (χ0v) is 16.0. The summed E-state index contributed by atoms with van der Waals surface area (Å²) in [4.78, 5) is 26.5. The monoisotopic (exact) mass is 379 g/mol. The number of nitrogens with zero attached hydrogens (tertiary/aromatic N) is 1. The number of hydrogen-bond donors (Lipinski definition) is 1. The summed E-state index contributed by atoms with van der Waals surface area (Å²) >= 11 is 1.49. The lowest BCUT2D eigenvalue weighted by Crippen LogP contribution is -2.46. The van der Waals surface area contributed by atoms with Gasteiger partial charge in [0.15, 0.2) is 11.5 Å². The van der Waals surface area contributed by atoms with Gasteiger partial charge in [0.05, 0.1) is 14.2 Å². The van der Waals surface area contributed by atoms with Crippen LogP contribution in [0.3, 0.4) is 0 Å². The smallest absolute Gasteiger partial charge is 0.327 e. The van der Waals surface area contributed by atoms with Gasteiger partial charge in [0.25, 0.3) is 0 Å². The van der Waals surface area contributed by atoms with Crippen molar-refractivity contribution in [2.24, 2.45) is 5.92 Å². The molecule has 2 atom stereocenters. The van der Waals surface area contributed by atoms with Gasteiger partial charge >= 0.3 is 5.97 Å². The standard InChI is InChI=1S/C19H25NO5S/c1-24-15-9-8-13(10-16(15)25-2)18-20(14(11-26-18)19(22)23)17(21)12-6-4-3-5-7-12/h8-10,12,14,18H,3-7,11H2,1-2H3,(H,22,23). The summed E-state index contributed by atoms with van der Waals surface area (Å²) in [5, 5.41) is 9.31. The number of carboxylic acid groups (broad SMARTS) is 1. The van der Waals surface area contributed by atoms with Crippen molar-refractivity contribution in [1.82, 2.24) is 4.90 Å². The Morgan fingerprint density at radius 3 is 2.42 bits per heavy atom. The average Bonchev–Trinajstić information content (AvgIpc) is 3.12. The summed E-state index contributed by atoms with van der Waals surface area (Å²) in [5.41, 5.74) is 0.862. The molecule has 2 aliphatic rings. The third-order valence-corrected chi connectivity index (χ3v) is 6.51. The summed E-state index contributed by atoms with van der Waals surface area (Å²) in [7, 11) is 3.13. The summed E-state index contributed by atoms with van der Waals surface area (Å²) in [5.74, 6) is 0.555. The molecule has 2 fully saturated rings. The first kappa shape index (κ1) is 18.9. The lowest BCUT2D eigenvalue weighted by molar-refractivity contribution is -0.151. The van der Waals surface area contributed by atoms with Crippen LogP contribution in [0.15, 0.2) is 18.2 Å². The molecule has 0 bridgehead atoms. The van der Waals surface area contributed by atoms with Gasteiger partial charge in [-0.05, 0) is 30.5 Å². The van der Waals surface area contributed by atoms with E-state index in [1.807, 2.05) is 12.1 Å². The van der Waals surface area contributed by atoms with Crippen LogP contribution < -0.4 is 9.47 Å². The van der Waals surface area contributed by atoms with Crippen molar-refractivity contribution in [2.45, 2.75) is 43.5 Å². The molecule has 1 aromatic carbocycles. The second-order valence-corrected chi connectivity index (χ2v) is 7.85. The molecule has 0 radical (unpaired) electrons. The Labute approximate surface area is 157 Å². The normalized spacial score (nSPS) is 23.7. The zero-order valence-electron chi connectivity index (χ0n) is 15.1. The Hall–Kier alpha value is -1.89. The molecule has 1 heterocycles. The fourth-order valence-electron chi connectivity index (χ4n) is 3.79. The highest BCUT2D eigenvalue weighted by Crippen LogP contribution is 2.45. The Morgan fingerprint density at radius 1 is 1.12 bits per heavy atom. The number of carbonyl (C=O) groups excluding carboxylic acids is 1. The number of amides is 1. The van der Waals surface area contributed by atoms with E-state index in [-0.39, 0.29) is 17.2 Å². The van der Waals surface area contributed by atoms with E-state index < -0.39 is 12.0 Å². The highest BCUT2D eigenvalue weighted by molar-refractivity contribution is 7.99. The van der Waals surface area contributed by atoms with Crippen LogP contribution in [0.1, 0.15) is 43.0 Å². The van der Waals surface area contributed by atoms with E-state index in [2.05, 4.69) is 0 Å². The van der Waals surface area contributed by atoms with Crippen molar-refractivity contribution >= 4 is 23.6 Å².